The summed E-state index contributed by atoms with van der Waals surface area (Å²) in [5.41, 5.74) is 6.39. The summed E-state index contributed by atoms with van der Waals surface area (Å²) >= 11 is 0. The molecule has 0 aliphatic rings. The van der Waals surface area contributed by atoms with Crippen LogP contribution >= 0.6 is 12.4 Å². The minimum absolute atomic E-state index is 0. The van der Waals surface area contributed by atoms with E-state index >= 15 is 0 Å². The van der Waals surface area contributed by atoms with Crippen molar-refractivity contribution in [1.82, 2.24) is 0 Å². The molecule has 3 nitrogen and oxygen atoms in total. The van der Waals surface area contributed by atoms with Gasteiger partial charge in [-0.15, -0.1) is 12.4 Å². The van der Waals surface area contributed by atoms with E-state index in [1.165, 1.54) is 0 Å². The van der Waals surface area contributed by atoms with E-state index < -0.39 is 0 Å². The van der Waals surface area contributed by atoms with Gasteiger partial charge in [-0.3, -0.25) is 4.79 Å². The number of para-hydroxylation sites is 1. The number of anilines is 1. The highest BCUT2D eigenvalue weighted by molar-refractivity contribution is 5.93. The topological polar surface area (TPSA) is 46.3 Å². The van der Waals surface area contributed by atoms with Gasteiger partial charge in [0.1, 0.15) is 0 Å². The van der Waals surface area contributed by atoms with Crippen LogP contribution in [0.25, 0.3) is 0 Å². The van der Waals surface area contributed by atoms with Crippen molar-refractivity contribution in [3.63, 3.8) is 0 Å². The first kappa shape index (κ1) is 15.9. The van der Waals surface area contributed by atoms with Crippen LogP contribution in [0.1, 0.15) is 26.2 Å². The lowest BCUT2D eigenvalue weighted by molar-refractivity contribution is -0.118. The Morgan fingerprint density at radius 3 is 2.47 bits per heavy atom. The maximum atomic E-state index is 11.9. The fourth-order valence-corrected chi connectivity index (χ4v) is 1.58. The molecule has 0 spiro atoms. The van der Waals surface area contributed by atoms with Crippen LogP contribution in [0.4, 0.5) is 5.69 Å². The molecule has 1 aromatic rings. The van der Waals surface area contributed by atoms with E-state index in [0.29, 0.717) is 13.0 Å². The number of unbranched alkanes of at least 4 members (excludes halogenated alkanes) is 1. The smallest absolute Gasteiger partial charge is 0.228 e. The largest absolute Gasteiger partial charge is 0.330 e. The summed E-state index contributed by atoms with van der Waals surface area (Å²) < 4.78 is 0. The summed E-state index contributed by atoms with van der Waals surface area (Å²) in [6.07, 6.45) is 2.52. The number of rotatable bonds is 6. The van der Waals surface area contributed by atoms with Gasteiger partial charge in [0.2, 0.25) is 5.91 Å². The monoisotopic (exact) mass is 256 g/mol. The molecule has 0 aliphatic heterocycles. The average molecular weight is 257 g/mol. The van der Waals surface area contributed by atoms with Crippen molar-refractivity contribution in [3.05, 3.63) is 30.3 Å². The summed E-state index contributed by atoms with van der Waals surface area (Å²) in [4.78, 5) is 13.7. The van der Waals surface area contributed by atoms with Crippen molar-refractivity contribution in [1.29, 1.82) is 0 Å². The van der Waals surface area contributed by atoms with Crippen molar-refractivity contribution in [2.24, 2.45) is 5.73 Å². The maximum absolute atomic E-state index is 11.9. The van der Waals surface area contributed by atoms with Crippen LogP contribution in [0.5, 0.6) is 0 Å². The number of halogens is 1. The number of nitrogens with zero attached hydrogens (tertiary/aromatic N) is 1. The molecule has 0 aromatic heterocycles. The SMILES string of the molecule is CCCCN(C(=O)CCN)c1ccccc1.Cl. The first-order valence-electron chi connectivity index (χ1n) is 5.85. The molecule has 96 valence electrons. The number of carbonyl (C=O) groups is 1. The molecular weight excluding hydrogens is 236 g/mol. The Morgan fingerprint density at radius 1 is 1.29 bits per heavy atom. The van der Waals surface area contributed by atoms with E-state index in [9.17, 15) is 4.79 Å². The molecule has 17 heavy (non-hydrogen) atoms. The third-order valence-electron chi connectivity index (χ3n) is 2.46. The molecule has 1 aromatic carbocycles. The van der Waals surface area contributed by atoms with Crippen molar-refractivity contribution >= 4 is 24.0 Å². The zero-order valence-electron chi connectivity index (χ0n) is 10.3. The summed E-state index contributed by atoms with van der Waals surface area (Å²) in [5.74, 6) is 0.113. The van der Waals surface area contributed by atoms with Crippen molar-refractivity contribution < 1.29 is 4.79 Å². The summed E-state index contributed by atoms with van der Waals surface area (Å²) in [7, 11) is 0. The molecule has 0 atom stereocenters. The number of hydrogen-bond donors (Lipinski definition) is 1. The Kier molecular flexibility index (Phi) is 8.46. The standard InChI is InChI=1S/C13H20N2O.ClH/c1-2-3-11-15(13(16)9-10-14)12-7-5-4-6-8-12;/h4-8H,2-3,9-11,14H2,1H3;1H. The third kappa shape index (κ3) is 5.20. The van der Waals surface area contributed by atoms with E-state index in [0.717, 1.165) is 25.1 Å². The van der Waals surface area contributed by atoms with E-state index in [-0.39, 0.29) is 18.3 Å². The van der Waals surface area contributed by atoms with Crippen molar-refractivity contribution in [2.45, 2.75) is 26.2 Å². The average Bonchev–Trinajstić information content (AvgIpc) is 2.31. The van der Waals surface area contributed by atoms with Gasteiger partial charge in [0.15, 0.2) is 0 Å². The van der Waals surface area contributed by atoms with Crippen LogP contribution in [-0.4, -0.2) is 19.0 Å². The summed E-state index contributed by atoms with van der Waals surface area (Å²) in [6.45, 7) is 3.31. The van der Waals surface area contributed by atoms with Gasteiger partial charge in [0.25, 0.3) is 0 Å². The predicted octanol–water partition coefficient (Wildman–Crippen LogP) is 2.59. The van der Waals surface area contributed by atoms with Gasteiger partial charge >= 0.3 is 0 Å². The number of benzene rings is 1. The summed E-state index contributed by atoms with van der Waals surface area (Å²) in [6, 6.07) is 9.77. The lowest BCUT2D eigenvalue weighted by Gasteiger charge is -2.22. The van der Waals surface area contributed by atoms with Gasteiger partial charge in [-0.25, -0.2) is 0 Å². The van der Waals surface area contributed by atoms with Crippen molar-refractivity contribution in [2.75, 3.05) is 18.0 Å². The lowest BCUT2D eigenvalue weighted by atomic mass is 10.2. The first-order chi connectivity index (χ1) is 7.79. The van der Waals surface area contributed by atoms with Gasteiger partial charge in [-0.05, 0) is 18.6 Å². The van der Waals surface area contributed by atoms with Gasteiger partial charge in [0, 0.05) is 25.2 Å². The van der Waals surface area contributed by atoms with Crippen LogP contribution in [0.3, 0.4) is 0 Å². The Bertz CT molecular complexity index is 316. The fourth-order valence-electron chi connectivity index (χ4n) is 1.58. The predicted molar refractivity (Wildman–Crippen MR) is 74.6 cm³/mol. The Balaban J connectivity index is 0.00000256. The second-order valence-electron chi connectivity index (χ2n) is 3.77. The molecule has 0 bridgehead atoms. The second kappa shape index (κ2) is 9.02. The zero-order chi connectivity index (χ0) is 11.8. The molecule has 4 heteroatoms. The van der Waals surface area contributed by atoms with E-state index in [2.05, 4.69) is 6.92 Å². The third-order valence-corrected chi connectivity index (χ3v) is 2.46. The molecule has 0 unspecified atom stereocenters. The summed E-state index contributed by atoms with van der Waals surface area (Å²) in [5, 5.41) is 0. The van der Waals surface area contributed by atoms with Gasteiger partial charge < -0.3 is 10.6 Å². The van der Waals surface area contributed by atoms with Crippen molar-refractivity contribution in [3.8, 4) is 0 Å². The number of nitrogens with two attached hydrogens (primary N) is 1. The second-order valence-corrected chi connectivity index (χ2v) is 3.77. The highest BCUT2D eigenvalue weighted by atomic mass is 35.5. The molecule has 0 heterocycles. The quantitative estimate of drug-likeness (QED) is 0.850. The van der Waals surface area contributed by atoms with Gasteiger partial charge in [0.05, 0.1) is 0 Å². The van der Waals surface area contributed by atoms with Crippen LogP contribution in [0.15, 0.2) is 30.3 Å². The molecule has 0 saturated carbocycles. The molecule has 0 fully saturated rings. The first-order valence-corrected chi connectivity index (χ1v) is 5.85. The molecule has 0 aliphatic carbocycles. The lowest BCUT2D eigenvalue weighted by Crippen LogP contribution is -2.33. The van der Waals surface area contributed by atoms with Gasteiger partial charge in [-0.2, -0.15) is 0 Å². The molecule has 1 rings (SSSR count). The Hall–Kier alpha value is -1.06. The van der Waals surface area contributed by atoms with E-state index in [1.54, 1.807) is 0 Å². The van der Waals surface area contributed by atoms with Crippen LogP contribution < -0.4 is 10.6 Å². The number of amides is 1. The molecular formula is C13H21ClN2O. The number of hydrogen-bond acceptors (Lipinski definition) is 2. The van der Waals surface area contributed by atoms with E-state index in [4.69, 9.17) is 5.73 Å². The minimum atomic E-state index is 0. The minimum Gasteiger partial charge on any atom is -0.330 e. The fraction of sp³-hybridized carbons (Fsp3) is 0.462. The van der Waals surface area contributed by atoms with Crippen LogP contribution in [0, 0.1) is 0 Å². The van der Waals surface area contributed by atoms with Gasteiger partial charge in [-0.1, -0.05) is 31.5 Å². The maximum Gasteiger partial charge on any atom is 0.228 e. The Labute approximate surface area is 109 Å². The molecule has 2 N–H and O–H groups in total. The Morgan fingerprint density at radius 2 is 1.94 bits per heavy atom. The molecule has 0 radical (unpaired) electrons. The van der Waals surface area contributed by atoms with E-state index in [1.807, 2.05) is 35.2 Å². The highest BCUT2D eigenvalue weighted by Gasteiger charge is 2.13. The molecule has 1 amide bonds. The normalized spacial score (nSPS) is 9.53. The number of carbonyl (C=O) groups excluding carboxylic acids is 1. The van der Waals surface area contributed by atoms with Crippen LogP contribution in [0.2, 0.25) is 0 Å². The highest BCUT2D eigenvalue weighted by Crippen LogP contribution is 2.15. The zero-order valence-corrected chi connectivity index (χ0v) is 11.1. The van der Waals surface area contributed by atoms with Crippen LogP contribution in [-0.2, 0) is 4.79 Å². The molecule has 0 saturated heterocycles.